The Morgan fingerprint density at radius 3 is 2.59 bits per heavy atom. The average molecular weight is 590 g/mol. The number of aryl methyl sites for hydroxylation is 1. The molecule has 41 heavy (non-hydrogen) atoms. The monoisotopic (exact) mass is 589 g/mol. The Kier molecular flexibility index (Phi) is 10.8. The third kappa shape index (κ3) is 8.27. The van der Waals surface area contributed by atoms with E-state index in [-0.39, 0.29) is 43.2 Å². The van der Waals surface area contributed by atoms with E-state index in [0.29, 0.717) is 24.4 Å². The number of ether oxygens (including phenoxy) is 2. The SMILES string of the molecule is Cc1ccc(S(=O)(=O)N(CCN(C)C)C[C@@H](O)[C@H](Cc2ccccc2)NC(=O)O[C@H]2C[C@H]3CCO[C@H]3C2)cc1CO. The number of sulfonamides is 1. The van der Waals surface area contributed by atoms with Crippen LogP contribution in [0.5, 0.6) is 0 Å². The van der Waals surface area contributed by atoms with Gasteiger partial charge in [-0.15, -0.1) is 0 Å². The summed E-state index contributed by atoms with van der Waals surface area (Å²) in [6.45, 7) is 2.58. The predicted molar refractivity (Wildman–Crippen MR) is 155 cm³/mol. The van der Waals surface area contributed by atoms with Crippen molar-refractivity contribution in [2.45, 2.75) is 68.5 Å². The summed E-state index contributed by atoms with van der Waals surface area (Å²) in [5.74, 6) is 0.405. The molecule has 1 saturated heterocycles. The highest BCUT2D eigenvalue weighted by atomic mass is 32.2. The van der Waals surface area contributed by atoms with Crippen LogP contribution < -0.4 is 5.32 Å². The predicted octanol–water partition coefficient (Wildman–Crippen LogP) is 2.31. The molecule has 11 heteroatoms. The maximum Gasteiger partial charge on any atom is 0.407 e. The lowest BCUT2D eigenvalue weighted by molar-refractivity contribution is 0.0556. The minimum absolute atomic E-state index is 0.0408. The van der Waals surface area contributed by atoms with Gasteiger partial charge in [-0.3, -0.25) is 0 Å². The van der Waals surface area contributed by atoms with Crippen LogP contribution in [0.4, 0.5) is 4.79 Å². The Labute approximate surface area is 243 Å². The molecule has 0 bridgehead atoms. The van der Waals surface area contributed by atoms with Crippen molar-refractivity contribution in [2.75, 3.05) is 40.3 Å². The number of nitrogens with one attached hydrogen (secondary N) is 1. The molecule has 1 amide bonds. The van der Waals surface area contributed by atoms with Crippen molar-refractivity contribution in [2.24, 2.45) is 5.92 Å². The summed E-state index contributed by atoms with van der Waals surface area (Å²) in [6.07, 6.45) is 0.690. The number of amides is 1. The molecule has 2 fully saturated rings. The van der Waals surface area contributed by atoms with Crippen LogP contribution in [0, 0.1) is 12.8 Å². The zero-order valence-corrected chi connectivity index (χ0v) is 24.9. The van der Waals surface area contributed by atoms with Crippen LogP contribution in [0.2, 0.25) is 0 Å². The fourth-order valence-electron chi connectivity index (χ4n) is 5.58. The van der Waals surface area contributed by atoms with Crippen molar-refractivity contribution in [1.82, 2.24) is 14.5 Å². The molecule has 0 radical (unpaired) electrons. The van der Waals surface area contributed by atoms with Gasteiger partial charge in [0.25, 0.3) is 0 Å². The van der Waals surface area contributed by atoms with Crippen LogP contribution in [-0.2, 0) is 32.5 Å². The van der Waals surface area contributed by atoms with E-state index in [2.05, 4.69) is 5.32 Å². The van der Waals surface area contributed by atoms with Gasteiger partial charge in [0.2, 0.25) is 10.0 Å². The number of rotatable bonds is 13. The molecular weight excluding hydrogens is 546 g/mol. The van der Waals surface area contributed by atoms with Crippen molar-refractivity contribution in [1.29, 1.82) is 0 Å². The lowest BCUT2D eigenvalue weighted by Crippen LogP contribution is -2.51. The van der Waals surface area contributed by atoms with Gasteiger partial charge in [-0.1, -0.05) is 36.4 Å². The van der Waals surface area contributed by atoms with Crippen LogP contribution in [0.1, 0.15) is 36.0 Å². The Balaban J connectivity index is 1.52. The largest absolute Gasteiger partial charge is 0.446 e. The van der Waals surface area contributed by atoms with E-state index in [9.17, 15) is 23.4 Å². The number of alkyl carbamates (subject to hydrolysis) is 1. The molecule has 10 nitrogen and oxygen atoms in total. The molecule has 2 aromatic rings. The molecule has 2 aliphatic rings. The topological polar surface area (TPSA) is 129 Å². The quantitative estimate of drug-likeness (QED) is 0.325. The molecule has 4 rings (SSSR count). The molecule has 0 unspecified atom stereocenters. The van der Waals surface area contributed by atoms with Gasteiger partial charge in [-0.05, 0) is 75.0 Å². The van der Waals surface area contributed by atoms with Gasteiger partial charge in [0.05, 0.1) is 29.8 Å². The lowest BCUT2D eigenvalue weighted by atomic mass is 10.0. The van der Waals surface area contributed by atoms with Gasteiger partial charge in [-0.2, -0.15) is 4.31 Å². The summed E-state index contributed by atoms with van der Waals surface area (Å²) in [5.41, 5.74) is 2.19. The first-order valence-corrected chi connectivity index (χ1v) is 15.7. The van der Waals surface area contributed by atoms with Crippen LogP contribution in [0.3, 0.4) is 0 Å². The summed E-state index contributed by atoms with van der Waals surface area (Å²) in [7, 11) is -0.341. The summed E-state index contributed by atoms with van der Waals surface area (Å²) in [4.78, 5) is 14.9. The van der Waals surface area contributed by atoms with Crippen molar-refractivity contribution in [3.8, 4) is 0 Å². The third-order valence-corrected chi connectivity index (χ3v) is 9.92. The molecule has 0 aromatic heterocycles. The number of carbonyl (C=O) groups excluding carboxylic acids is 1. The summed E-state index contributed by atoms with van der Waals surface area (Å²) >= 11 is 0. The minimum atomic E-state index is -4.03. The number of aliphatic hydroxyl groups is 2. The zero-order chi connectivity index (χ0) is 29.6. The number of hydrogen-bond acceptors (Lipinski definition) is 8. The summed E-state index contributed by atoms with van der Waals surface area (Å²) in [5, 5.41) is 24.0. The minimum Gasteiger partial charge on any atom is -0.446 e. The van der Waals surface area contributed by atoms with E-state index >= 15 is 0 Å². The molecule has 0 spiro atoms. The summed E-state index contributed by atoms with van der Waals surface area (Å²) in [6, 6.07) is 13.3. The number of likely N-dealkylation sites (N-methyl/N-ethyl adjacent to an activating group) is 1. The molecule has 3 N–H and O–H groups in total. The molecule has 226 valence electrons. The highest BCUT2D eigenvalue weighted by Gasteiger charge is 2.40. The molecule has 1 saturated carbocycles. The van der Waals surface area contributed by atoms with E-state index in [0.717, 1.165) is 30.6 Å². The number of benzene rings is 2. The van der Waals surface area contributed by atoms with Crippen molar-refractivity contribution < 1.29 is 32.9 Å². The van der Waals surface area contributed by atoms with Crippen molar-refractivity contribution in [3.63, 3.8) is 0 Å². The maximum absolute atomic E-state index is 13.8. The first-order valence-electron chi connectivity index (χ1n) is 14.2. The molecular formula is C30H43N3O7S. The van der Waals surface area contributed by atoms with Crippen molar-refractivity contribution in [3.05, 3.63) is 65.2 Å². The highest BCUT2D eigenvalue weighted by molar-refractivity contribution is 7.89. The van der Waals surface area contributed by atoms with E-state index in [1.807, 2.05) is 49.3 Å². The number of nitrogens with zero attached hydrogens (tertiary/aromatic N) is 2. The maximum atomic E-state index is 13.8. The van der Waals surface area contributed by atoms with Crippen LogP contribution in [0.25, 0.3) is 0 Å². The van der Waals surface area contributed by atoms with Gasteiger partial charge >= 0.3 is 6.09 Å². The van der Waals surface area contributed by atoms with Crippen LogP contribution in [0.15, 0.2) is 53.4 Å². The molecule has 1 heterocycles. The van der Waals surface area contributed by atoms with E-state index in [1.54, 1.807) is 13.0 Å². The lowest BCUT2D eigenvalue weighted by Gasteiger charge is -2.30. The molecule has 1 aliphatic carbocycles. The van der Waals surface area contributed by atoms with E-state index < -0.39 is 28.3 Å². The van der Waals surface area contributed by atoms with Crippen LogP contribution >= 0.6 is 0 Å². The summed E-state index contributed by atoms with van der Waals surface area (Å²) < 4.78 is 40.2. The Bertz CT molecular complexity index is 1250. The Morgan fingerprint density at radius 1 is 1.15 bits per heavy atom. The van der Waals surface area contributed by atoms with Gasteiger partial charge in [0.1, 0.15) is 6.10 Å². The number of carbonyl (C=O) groups is 1. The Hall–Kier alpha value is -2.54. The third-order valence-electron chi connectivity index (χ3n) is 8.06. The molecule has 2 aromatic carbocycles. The van der Waals surface area contributed by atoms with Gasteiger partial charge in [0.15, 0.2) is 0 Å². The van der Waals surface area contributed by atoms with E-state index in [1.165, 1.54) is 16.4 Å². The second-order valence-electron chi connectivity index (χ2n) is 11.4. The standard InChI is InChI=1S/C30H43N3O7S/c1-21-9-10-26(17-24(21)20-34)41(37,38)33(13-12-32(2)3)19-28(35)27(15-22-7-5-4-6-8-22)31-30(36)40-25-16-23-11-14-39-29(23)18-25/h4-10,17,23,25,27-29,34-35H,11-16,18-20H2,1-3H3,(H,31,36)/t23-,25+,27+,28-,29+/m1/s1. The van der Waals surface area contributed by atoms with Gasteiger partial charge < -0.3 is 29.9 Å². The van der Waals surface area contributed by atoms with Crippen molar-refractivity contribution >= 4 is 16.1 Å². The fraction of sp³-hybridized carbons (Fsp3) is 0.567. The fourth-order valence-corrected chi connectivity index (χ4v) is 7.09. The van der Waals surface area contributed by atoms with Gasteiger partial charge in [0, 0.05) is 32.7 Å². The normalized spacial score (nSPS) is 22.1. The van der Waals surface area contributed by atoms with Crippen LogP contribution in [-0.4, -0.2) is 98.6 Å². The second-order valence-corrected chi connectivity index (χ2v) is 13.3. The smallest absolute Gasteiger partial charge is 0.407 e. The average Bonchev–Trinajstić information content (AvgIpc) is 3.53. The molecule has 1 aliphatic heterocycles. The molecule has 5 atom stereocenters. The highest BCUT2D eigenvalue weighted by Crippen LogP contribution is 2.37. The van der Waals surface area contributed by atoms with Gasteiger partial charge in [-0.25, -0.2) is 13.2 Å². The first-order chi connectivity index (χ1) is 19.6. The number of fused-ring (bicyclic) bond motifs is 1. The van der Waals surface area contributed by atoms with E-state index in [4.69, 9.17) is 9.47 Å². The first kappa shape index (κ1) is 31.4. The number of hydrogen-bond donors (Lipinski definition) is 3. The number of aliphatic hydroxyl groups excluding tert-OH is 2. The second kappa shape index (κ2) is 14.1. The zero-order valence-electron chi connectivity index (χ0n) is 24.1. The Morgan fingerprint density at radius 2 is 1.90 bits per heavy atom.